The van der Waals surface area contributed by atoms with E-state index in [1.807, 2.05) is 37.1 Å². The SMILES string of the molecule is CN1CCN(c2nc(C(=O)Cc3cc4cc(-c5cnn(C)c5)cnc4cn3)cs2)CC1. The van der Waals surface area contributed by atoms with Gasteiger partial charge in [-0.1, -0.05) is 0 Å². The molecule has 0 N–H and O–H groups in total. The minimum Gasteiger partial charge on any atom is -0.346 e. The fourth-order valence-electron chi connectivity index (χ4n) is 3.69. The quantitative estimate of drug-likeness (QED) is 0.448. The number of Topliss-reactive ketones (excluding diaryl/α,β-unsaturated/α-hetero) is 1. The Balaban J connectivity index is 1.33. The van der Waals surface area contributed by atoms with Gasteiger partial charge in [-0.05, 0) is 19.2 Å². The van der Waals surface area contributed by atoms with Gasteiger partial charge in [0.05, 0.1) is 24.3 Å². The second-order valence-electron chi connectivity index (χ2n) is 7.90. The molecule has 0 aromatic carbocycles. The van der Waals surface area contributed by atoms with Gasteiger partial charge in [0.25, 0.3) is 0 Å². The number of rotatable bonds is 5. The van der Waals surface area contributed by atoms with Crippen LogP contribution < -0.4 is 4.90 Å². The third-order valence-electron chi connectivity index (χ3n) is 5.56. The first-order valence-corrected chi connectivity index (χ1v) is 11.1. The number of anilines is 1. The van der Waals surface area contributed by atoms with Gasteiger partial charge in [0, 0.05) is 73.2 Å². The third-order valence-corrected chi connectivity index (χ3v) is 6.46. The molecule has 1 fully saturated rings. The maximum atomic E-state index is 12.8. The molecule has 4 aromatic rings. The van der Waals surface area contributed by atoms with Crippen LogP contribution in [0.4, 0.5) is 5.13 Å². The number of hydrogen-bond donors (Lipinski definition) is 0. The van der Waals surface area contributed by atoms with Crippen molar-refractivity contribution in [1.29, 1.82) is 0 Å². The first-order valence-electron chi connectivity index (χ1n) is 10.2. The normalized spacial score (nSPS) is 15.0. The van der Waals surface area contributed by atoms with Crippen molar-refractivity contribution in [3.05, 3.63) is 53.7 Å². The summed E-state index contributed by atoms with van der Waals surface area (Å²) in [5.41, 5.74) is 4.03. The fraction of sp³-hybridized carbons (Fsp3) is 0.318. The Morgan fingerprint density at radius 3 is 2.65 bits per heavy atom. The highest BCUT2D eigenvalue weighted by Crippen LogP contribution is 2.24. The summed E-state index contributed by atoms with van der Waals surface area (Å²) in [6.07, 6.45) is 7.53. The van der Waals surface area contributed by atoms with Gasteiger partial charge in [0.15, 0.2) is 10.9 Å². The molecule has 5 rings (SSSR count). The van der Waals surface area contributed by atoms with Crippen molar-refractivity contribution in [2.75, 3.05) is 38.1 Å². The topological polar surface area (TPSA) is 80.0 Å². The monoisotopic (exact) mass is 433 g/mol. The van der Waals surface area contributed by atoms with Gasteiger partial charge in [-0.3, -0.25) is 19.4 Å². The Hall–Kier alpha value is -3.17. The number of nitrogens with zero attached hydrogens (tertiary/aromatic N) is 7. The maximum absolute atomic E-state index is 12.8. The maximum Gasteiger partial charge on any atom is 0.188 e. The van der Waals surface area contributed by atoms with Crippen molar-refractivity contribution >= 4 is 33.2 Å². The van der Waals surface area contributed by atoms with Crippen LogP contribution >= 0.6 is 11.3 Å². The molecular weight excluding hydrogens is 410 g/mol. The molecule has 0 radical (unpaired) electrons. The Morgan fingerprint density at radius 1 is 1.03 bits per heavy atom. The van der Waals surface area contributed by atoms with E-state index in [4.69, 9.17) is 0 Å². The second-order valence-corrected chi connectivity index (χ2v) is 8.74. The number of aryl methyl sites for hydroxylation is 1. The van der Waals surface area contributed by atoms with Gasteiger partial charge in [-0.25, -0.2) is 4.98 Å². The van der Waals surface area contributed by atoms with Gasteiger partial charge in [0.1, 0.15) is 5.69 Å². The van der Waals surface area contributed by atoms with Gasteiger partial charge in [0.2, 0.25) is 0 Å². The van der Waals surface area contributed by atoms with Crippen LogP contribution in [0.3, 0.4) is 0 Å². The lowest BCUT2D eigenvalue weighted by molar-refractivity contribution is 0.0988. The first-order chi connectivity index (χ1) is 15.0. The van der Waals surface area contributed by atoms with E-state index in [1.54, 1.807) is 10.9 Å². The lowest BCUT2D eigenvalue weighted by Crippen LogP contribution is -2.44. The summed E-state index contributed by atoms with van der Waals surface area (Å²) in [6.45, 7) is 3.91. The molecule has 9 heteroatoms. The van der Waals surface area contributed by atoms with Gasteiger partial charge in [-0.2, -0.15) is 5.10 Å². The van der Waals surface area contributed by atoms with Crippen molar-refractivity contribution in [1.82, 2.24) is 29.6 Å². The highest BCUT2D eigenvalue weighted by molar-refractivity contribution is 7.13. The second kappa shape index (κ2) is 8.16. The highest BCUT2D eigenvalue weighted by atomic mass is 32.1. The molecular formula is C22H23N7OS. The summed E-state index contributed by atoms with van der Waals surface area (Å²) in [6, 6.07) is 4.00. The molecule has 0 aliphatic carbocycles. The zero-order valence-corrected chi connectivity index (χ0v) is 18.3. The van der Waals surface area contributed by atoms with E-state index in [0.29, 0.717) is 5.69 Å². The summed E-state index contributed by atoms with van der Waals surface area (Å²) < 4.78 is 1.76. The first kappa shape index (κ1) is 19.8. The van der Waals surface area contributed by atoms with Crippen LogP contribution in [0.1, 0.15) is 16.2 Å². The summed E-state index contributed by atoms with van der Waals surface area (Å²) >= 11 is 1.54. The number of fused-ring (bicyclic) bond motifs is 1. The Kier molecular flexibility index (Phi) is 5.21. The standard InChI is InChI=1S/C22H23N7OS/c1-27-3-5-29(6-4-27)22-26-20(14-31-22)21(30)9-18-8-15-7-16(10-24-19(15)12-23-18)17-11-25-28(2)13-17/h7-8,10-14H,3-6,9H2,1-2H3. The van der Waals surface area contributed by atoms with E-state index in [9.17, 15) is 4.79 Å². The van der Waals surface area contributed by atoms with Gasteiger partial charge in [-0.15, -0.1) is 11.3 Å². The smallest absolute Gasteiger partial charge is 0.188 e. The van der Waals surface area contributed by atoms with Crippen LogP contribution in [0.15, 0.2) is 42.3 Å². The molecule has 0 amide bonds. The van der Waals surface area contributed by atoms with Crippen molar-refractivity contribution in [2.45, 2.75) is 6.42 Å². The number of hydrogen-bond acceptors (Lipinski definition) is 8. The molecule has 1 aliphatic rings. The molecule has 1 saturated heterocycles. The summed E-state index contributed by atoms with van der Waals surface area (Å²) in [7, 11) is 4.01. The van der Waals surface area contributed by atoms with E-state index in [1.165, 1.54) is 11.3 Å². The van der Waals surface area contributed by atoms with Crippen LogP contribution in [0.5, 0.6) is 0 Å². The number of carbonyl (C=O) groups is 1. The van der Waals surface area contributed by atoms with Gasteiger partial charge < -0.3 is 9.80 Å². The molecule has 0 spiro atoms. The number of ketones is 1. The number of piperazine rings is 1. The number of thiazole rings is 1. The van der Waals surface area contributed by atoms with Crippen molar-refractivity contribution in [2.24, 2.45) is 7.05 Å². The van der Waals surface area contributed by atoms with Crippen molar-refractivity contribution in [3.63, 3.8) is 0 Å². The van der Waals surface area contributed by atoms with Crippen LogP contribution in [-0.4, -0.2) is 68.6 Å². The molecule has 31 heavy (non-hydrogen) atoms. The summed E-state index contributed by atoms with van der Waals surface area (Å²) in [5, 5.41) is 7.96. The molecule has 0 atom stereocenters. The third kappa shape index (κ3) is 4.19. The Bertz CT molecular complexity index is 1240. The fourth-order valence-corrected chi connectivity index (χ4v) is 4.58. The molecule has 8 nitrogen and oxygen atoms in total. The predicted octanol–water partition coefficient (Wildman–Crippen LogP) is 2.66. The van der Waals surface area contributed by atoms with Crippen LogP contribution in [0.2, 0.25) is 0 Å². The van der Waals surface area contributed by atoms with E-state index in [0.717, 1.165) is 59.0 Å². The molecule has 1 aliphatic heterocycles. The van der Waals surface area contributed by atoms with Crippen molar-refractivity contribution in [3.8, 4) is 11.1 Å². The lowest BCUT2D eigenvalue weighted by atomic mass is 10.1. The molecule has 0 saturated carbocycles. The predicted molar refractivity (Wildman–Crippen MR) is 122 cm³/mol. The minimum atomic E-state index is -0.0140. The zero-order chi connectivity index (χ0) is 21.4. The molecule has 158 valence electrons. The summed E-state index contributed by atoms with van der Waals surface area (Å²) in [4.78, 5) is 30.9. The minimum absolute atomic E-state index is 0.0140. The lowest BCUT2D eigenvalue weighted by Gasteiger charge is -2.32. The van der Waals surface area contributed by atoms with Crippen LogP contribution in [-0.2, 0) is 13.5 Å². The van der Waals surface area contributed by atoms with E-state index >= 15 is 0 Å². The van der Waals surface area contributed by atoms with Crippen molar-refractivity contribution < 1.29 is 4.79 Å². The number of aromatic nitrogens is 5. The van der Waals surface area contributed by atoms with E-state index in [2.05, 4.69) is 43.0 Å². The summed E-state index contributed by atoms with van der Waals surface area (Å²) in [5.74, 6) is -0.0140. The molecule has 4 aromatic heterocycles. The number of pyridine rings is 2. The van der Waals surface area contributed by atoms with Crippen LogP contribution in [0.25, 0.3) is 22.0 Å². The van der Waals surface area contributed by atoms with Crippen LogP contribution in [0, 0.1) is 0 Å². The van der Waals surface area contributed by atoms with E-state index in [-0.39, 0.29) is 12.2 Å². The average molecular weight is 434 g/mol. The average Bonchev–Trinajstić information content (AvgIpc) is 3.43. The Morgan fingerprint density at radius 2 is 1.87 bits per heavy atom. The Labute approximate surface area is 184 Å². The number of carbonyl (C=O) groups excluding carboxylic acids is 1. The number of likely N-dealkylation sites (N-methyl/N-ethyl adjacent to an activating group) is 1. The largest absolute Gasteiger partial charge is 0.346 e. The molecule has 0 unspecified atom stereocenters. The van der Waals surface area contributed by atoms with Gasteiger partial charge >= 0.3 is 0 Å². The zero-order valence-electron chi connectivity index (χ0n) is 17.5. The molecule has 0 bridgehead atoms. The van der Waals surface area contributed by atoms with E-state index < -0.39 is 0 Å². The highest BCUT2D eigenvalue weighted by Gasteiger charge is 2.19. The molecule has 5 heterocycles.